The third kappa shape index (κ3) is 6.88. The fourth-order valence-corrected chi connectivity index (χ4v) is 3.25. The molecule has 3 rings (SSSR count). The molecule has 0 radical (unpaired) electrons. The molecular weight excluding hydrogens is 473 g/mol. The topological polar surface area (TPSA) is 88.5 Å². The van der Waals surface area contributed by atoms with Crippen LogP contribution in [0, 0.1) is 5.92 Å². The van der Waals surface area contributed by atoms with Gasteiger partial charge in [0.15, 0.2) is 0 Å². The minimum absolute atomic E-state index is 0.0604. The zero-order chi connectivity index (χ0) is 24.9. The third-order valence-corrected chi connectivity index (χ3v) is 5.06. The Hall–Kier alpha value is -3.24. The van der Waals surface area contributed by atoms with Crippen LogP contribution in [-0.2, 0) is 0 Å². The van der Waals surface area contributed by atoms with Crippen LogP contribution in [0.3, 0.4) is 0 Å². The fraction of sp³-hybridized carbons (Fsp3) is 0.304. The average Bonchev–Trinajstić information content (AvgIpc) is 2.76. The lowest BCUT2D eigenvalue weighted by Gasteiger charge is -2.21. The number of halogens is 4. The standard InChI is InChI=1S/C23H24ClF3N4O3/c1-13(2)19(12-32)30-22-29-17(14-5-4-6-16(9-14)34-23(25,26)27)11-21(31-22)28-18-10-15(24)7-8-20(18)33-3/h4-11,13,19,32H,12H2,1-3H3,(H2,28,29,30,31)/t19-/m0/s1. The Morgan fingerprint density at radius 2 is 1.85 bits per heavy atom. The molecule has 1 atom stereocenters. The monoisotopic (exact) mass is 496 g/mol. The molecule has 11 heteroatoms. The van der Waals surface area contributed by atoms with E-state index in [-0.39, 0.29) is 30.3 Å². The van der Waals surface area contributed by atoms with Crippen LogP contribution in [0.5, 0.6) is 11.5 Å². The number of methoxy groups -OCH3 is 1. The Labute approximate surface area is 199 Å². The maximum Gasteiger partial charge on any atom is 0.573 e. The number of nitrogens with one attached hydrogen (secondary N) is 2. The largest absolute Gasteiger partial charge is 0.573 e. The van der Waals surface area contributed by atoms with Crippen molar-refractivity contribution >= 4 is 29.1 Å². The zero-order valence-corrected chi connectivity index (χ0v) is 19.4. The summed E-state index contributed by atoms with van der Waals surface area (Å²) in [6, 6.07) is 11.7. The van der Waals surface area contributed by atoms with E-state index in [4.69, 9.17) is 16.3 Å². The van der Waals surface area contributed by atoms with Crippen LogP contribution >= 0.6 is 11.6 Å². The first kappa shape index (κ1) is 25.4. The molecule has 0 unspecified atom stereocenters. The van der Waals surface area contributed by atoms with Gasteiger partial charge in [-0.1, -0.05) is 37.6 Å². The van der Waals surface area contributed by atoms with Crippen LogP contribution in [0.1, 0.15) is 13.8 Å². The molecule has 0 aliphatic heterocycles. The highest BCUT2D eigenvalue weighted by Gasteiger charge is 2.31. The Morgan fingerprint density at radius 3 is 2.50 bits per heavy atom. The molecule has 34 heavy (non-hydrogen) atoms. The SMILES string of the molecule is COc1ccc(Cl)cc1Nc1cc(-c2cccc(OC(F)(F)F)c2)nc(N[C@@H](CO)C(C)C)n1. The summed E-state index contributed by atoms with van der Waals surface area (Å²) >= 11 is 6.12. The molecule has 3 aromatic rings. The van der Waals surface area contributed by atoms with E-state index in [9.17, 15) is 18.3 Å². The Morgan fingerprint density at radius 1 is 1.09 bits per heavy atom. The van der Waals surface area contributed by atoms with E-state index in [1.54, 1.807) is 30.3 Å². The molecule has 0 bridgehead atoms. The van der Waals surface area contributed by atoms with E-state index < -0.39 is 6.36 Å². The second-order valence-electron chi connectivity index (χ2n) is 7.68. The molecule has 0 aliphatic carbocycles. The van der Waals surface area contributed by atoms with Gasteiger partial charge in [0.2, 0.25) is 5.95 Å². The number of benzene rings is 2. The van der Waals surface area contributed by atoms with Gasteiger partial charge in [0, 0.05) is 16.7 Å². The molecule has 3 N–H and O–H groups in total. The van der Waals surface area contributed by atoms with Gasteiger partial charge >= 0.3 is 6.36 Å². The highest BCUT2D eigenvalue weighted by Crippen LogP contribution is 2.33. The molecule has 7 nitrogen and oxygen atoms in total. The normalized spacial score (nSPS) is 12.4. The summed E-state index contributed by atoms with van der Waals surface area (Å²) < 4.78 is 47.5. The second kappa shape index (κ2) is 10.8. The van der Waals surface area contributed by atoms with Crippen molar-refractivity contribution in [3.05, 3.63) is 53.6 Å². The maximum absolute atomic E-state index is 12.7. The molecule has 0 spiro atoms. The first-order valence-corrected chi connectivity index (χ1v) is 10.7. The molecule has 0 saturated heterocycles. The number of hydrogen-bond acceptors (Lipinski definition) is 7. The number of aliphatic hydroxyl groups is 1. The van der Waals surface area contributed by atoms with Crippen molar-refractivity contribution < 1.29 is 27.8 Å². The van der Waals surface area contributed by atoms with E-state index in [1.807, 2.05) is 13.8 Å². The summed E-state index contributed by atoms with van der Waals surface area (Å²) in [5.74, 6) is 0.700. The van der Waals surface area contributed by atoms with Crippen molar-refractivity contribution in [1.29, 1.82) is 0 Å². The predicted octanol–water partition coefficient (Wildman–Crippen LogP) is 5.88. The number of aromatic nitrogens is 2. The minimum atomic E-state index is -4.82. The van der Waals surface area contributed by atoms with Crippen molar-refractivity contribution in [3.8, 4) is 22.8 Å². The predicted molar refractivity (Wildman–Crippen MR) is 125 cm³/mol. The smallest absolute Gasteiger partial charge is 0.495 e. The van der Waals surface area contributed by atoms with Crippen LogP contribution < -0.4 is 20.1 Å². The number of ether oxygens (including phenoxy) is 2. The van der Waals surface area contributed by atoms with Gasteiger partial charge in [-0.2, -0.15) is 4.98 Å². The summed E-state index contributed by atoms with van der Waals surface area (Å²) in [5, 5.41) is 16.4. The van der Waals surface area contributed by atoms with E-state index in [0.717, 1.165) is 0 Å². The summed E-state index contributed by atoms with van der Waals surface area (Å²) in [6.45, 7) is 3.68. The highest BCUT2D eigenvalue weighted by molar-refractivity contribution is 6.31. The lowest BCUT2D eigenvalue weighted by molar-refractivity contribution is -0.274. The van der Waals surface area contributed by atoms with Crippen molar-refractivity contribution in [3.63, 3.8) is 0 Å². The number of aliphatic hydroxyl groups excluding tert-OH is 1. The molecule has 0 fully saturated rings. The number of anilines is 3. The molecular formula is C23H24ClF3N4O3. The Bertz CT molecular complexity index is 1130. The molecule has 0 saturated carbocycles. The van der Waals surface area contributed by atoms with Crippen molar-refractivity contribution in [2.75, 3.05) is 24.4 Å². The molecule has 1 aromatic heterocycles. The van der Waals surface area contributed by atoms with Gasteiger partial charge < -0.3 is 25.2 Å². The minimum Gasteiger partial charge on any atom is -0.495 e. The fourth-order valence-electron chi connectivity index (χ4n) is 3.08. The van der Waals surface area contributed by atoms with Gasteiger partial charge in [-0.15, -0.1) is 13.2 Å². The van der Waals surface area contributed by atoms with Gasteiger partial charge in [-0.05, 0) is 36.2 Å². The van der Waals surface area contributed by atoms with E-state index in [0.29, 0.717) is 33.5 Å². The Balaban J connectivity index is 2.05. The summed E-state index contributed by atoms with van der Waals surface area (Å²) in [6.07, 6.45) is -4.82. The first-order valence-electron chi connectivity index (χ1n) is 10.3. The van der Waals surface area contributed by atoms with E-state index in [1.165, 1.54) is 25.3 Å². The third-order valence-electron chi connectivity index (χ3n) is 4.83. The van der Waals surface area contributed by atoms with Crippen molar-refractivity contribution in [1.82, 2.24) is 9.97 Å². The van der Waals surface area contributed by atoms with E-state index in [2.05, 4.69) is 25.3 Å². The highest BCUT2D eigenvalue weighted by atomic mass is 35.5. The van der Waals surface area contributed by atoms with Crippen LogP contribution in [-0.4, -0.2) is 41.2 Å². The molecule has 1 heterocycles. The lowest BCUT2D eigenvalue weighted by atomic mass is 10.1. The van der Waals surface area contributed by atoms with Crippen LogP contribution in [0.15, 0.2) is 48.5 Å². The van der Waals surface area contributed by atoms with Gasteiger partial charge in [-0.25, -0.2) is 4.98 Å². The number of hydrogen-bond donors (Lipinski definition) is 3. The van der Waals surface area contributed by atoms with E-state index >= 15 is 0 Å². The van der Waals surface area contributed by atoms with Crippen molar-refractivity contribution in [2.24, 2.45) is 5.92 Å². The first-order chi connectivity index (χ1) is 16.1. The lowest BCUT2D eigenvalue weighted by Crippen LogP contribution is -2.30. The van der Waals surface area contributed by atoms with Crippen LogP contribution in [0.2, 0.25) is 5.02 Å². The van der Waals surface area contributed by atoms with Gasteiger partial charge in [0.1, 0.15) is 17.3 Å². The average molecular weight is 497 g/mol. The van der Waals surface area contributed by atoms with Crippen molar-refractivity contribution in [2.45, 2.75) is 26.3 Å². The van der Waals surface area contributed by atoms with Gasteiger partial charge in [0.05, 0.1) is 31.1 Å². The van der Waals surface area contributed by atoms with Crippen LogP contribution in [0.25, 0.3) is 11.3 Å². The maximum atomic E-state index is 12.7. The quantitative estimate of drug-likeness (QED) is 0.341. The molecule has 2 aromatic carbocycles. The molecule has 0 amide bonds. The Kier molecular flexibility index (Phi) is 8.06. The summed E-state index contributed by atoms with van der Waals surface area (Å²) in [4.78, 5) is 8.90. The zero-order valence-electron chi connectivity index (χ0n) is 18.7. The molecule has 182 valence electrons. The number of rotatable bonds is 9. The summed E-state index contributed by atoms with van der Waals surface area (Å²) in [7, 11) is 1.51. The second-order valence-corrected chi connectivity index (χ2v) is 8.12. The van der Waals surface area contributed by atoms with Gasteiger partial charge in [0.25, 0.3) is 0 Å². The van der Waals surface area contributed by atoms with Gasteiger partial charge in [-0.3, -0.25) is 0 Å². The number of nitrogens with zero attached hydrogens (tertiary/aromatic N) is 2. The van der Waals surface area contributed by atoms with Crippen LogP contribution in [0.4, 0.5) is 30.6 Å². The molecule has 0 aliphatic rings. The summed E-state index contributed by atoms with van der Waals surface area (Å²) in [5.41, 5.74) is 1.23. The number of alkyl halides is 3.